The van der Waals surface area contributed by atoms with Crippen LogP contribution in [0.1, 0.15) is 21.6 Å². The van der Waals surface area contributed by atoms with Crippen LogP contribution in [-0.4, -0.2) is 23.0 Å². The van der Waals surface area contributed by atoms with Crippen molar-refractivity contribution >= 4 is 17.4 Å². The lowest BCUT2D eigenvalue weighted by Gasteiger charge is -2.10. The van der Waals surface area contributed by atoms with Crippen LogP contribution in [-0.2, 0) is 6.54 Å². The van der Waals surface area contributed by atoms with Crippen LogP contribution in [0.3, 0.4) is 0 Å². The summed E-state index contributed by atoms with van der Waals surface area (Å²) in [6.07, 6.45) is 2.97. The maximum Gasteiger partial charge on any atom is 0.271 e. The fourth-order valence-electron chi connectivity index (χ4n) is 2.47. The third-order valence-electron chi connectivity index (χ3n) is 3.95. The van der Waals surface area contributed by atoms with E-state index in [4.69, 9.17) is 4.74 Å². The highest BCUT2D eigenvalue weighted by Gasteiger charge is 2.09. The minimum atomic E-state index is -0.260. The summed E-state index contributed by atoms with van der Waals surface area (Å²) in [7, 11) is 1.61. The van der Waals surface area contributed by atoms with Gasteiger partial charge >= 0.3 is 0 Å². The molecular weight excluding hydrogens is 328 g/mol. The van der Waals surface area contributed by atoms with Gasteiger partial charge in [0.25, 0.3) is 5.91 Å². The van der Waals surface area contributed by atoms with Crippen molar-refractivity contribution in [2.24, 2.45) is 0 Å². The molecule has 0 aliphatic rings. The molecule has 2 aromatic carbocycles. The molecule has 6 heteroatoms. The summed E-state index contributed by atoms with van der Waals surface area (Å²) in [5.41, 5.74) is 3.25. The second-order valence-electron chi connectivity index (χ2n) is 5.72. The molecule has 0 spiro atoms. The Kier molecular flexibility index (Phi) is 5.43. The van der Waals surface area contributed by atoms with Crippen LogP contribution < -0.4 is 15.4 Å². The van der Waals surface area contributed by atoms with E-state index in [9.17, 15) is 4.79 Å². The van der Waals surface area contributed by atoms with Gasteiger partial charge in [0.05, 0.1) is 25.2 Å². The summed E-state index contributed by atoms with van der Waals surface area (Å²) in [5.74, 6) is 0.976. The van der Waals surface area contributed by atoms with Crippen LogP contribution in [0, 0.1) is 6.92 Å². The largest absolute Gasteiger partial charge is 0.495 e. The third kappa shape index (κ3) is 4.16. The summed E-state index contributed by atoms with van der Waals surface area (Å²) in [6, 6.07) is 15.4. The summed E-state index contributed by atoms with van der Waals surface area (Å²) in [4.78, 5) is 20.7. The van der Waals surface area contributed by atoms with Crippen LogP contribution >= 0.6 is 0 Å². The van der Waals surface area contributed by atoms with Crippen molar-refractivity contribution in [1.82, 2.24) is 15.3 Å². The number of para-hydroxylation sites is 2. The van der Waals surface area contributed by atoms with E-state index >= 15 is 0 Å². The second-order valence-corrected chi connectivity index (χ2v) is 5.72. The van der Waals surface area contributed by atoms with Crippen molar-refractivity contribution in [3.8, 4) is 5.75 Å². The number of aryl methyl sites for hydroxylation is 1. The van der Waals surface area contributed by atoms with E-state index in [1.807, 2.05) is 55.5 Å². The van der Waals surface area contributed by atoms with Gasteiger partial charge < -0.3 is 15.4 Å². The van der Waals surface area contributed by atoms with E-state index in [-0.39, 0.29) is 11.6 Å². The summed E-state index contributed by atoms with van der Waals surface area (Å²) < 4.78 is 5.29. The van der Waals surface area contributed by atoms with Gasteiger partial charge in [0, 0.05) is 6.54 Å². The van der Waals surface area contributed by atoms with Gasteiger partial charge in [-0.2, -0.15) is 0 Å². The monoisotopic (exact) mass is 348 g/mol. The zero-order chi connectivity index (χ0) is 18.4. The van der Waals surface area contributed by atoms with Crippen LogP contribution in [0.15, 0.2) is 60.9 Å². The predicted octanol–water partition coefficient (Wildman–Crippen LogP) is 3.47. The summed E-state index contributed by atoms with van der Waals surface area (Å²) in [5, 5.41) is 5.99. The van der Waals surface area contributed by atoms with E-state index in [2.05, 4.69) is 20.6 Å². The first-order valence-electron chi connectivity index (χ1n) is 8.22. The number of carbonyl (C=O) groups is 1. The summed E-state index contributed by atoms with van der Waals surface area (Å²) in [6.45, 7) is 2.47. The van der Waals surface area contributed by atoms with Crippen molar-refractivity contribution in [1.29, 1.82) is 0 Å². The van der Waals surface area contributed by atoms with E-state index in [1.54, 1.807) is 7.11 Å². The number of methoxy groups -OCH3 is 1. The SMILES string of the molecule is COc1ccccc1Nc1cnc(C(=O)NCc2ccccc2C)cn1. The maximum atomic E-state index is 12.2. The van der Waals surface area contributed by atoms with Gasteiger partial charge in [-0.15, -0.1) is 0 Å². The van der Waals surface area contributed by atoms with Crippen molar-refractivity contribution in [2.75, 3.05) is 12.4 Å². The van der Waals surface area contributed by atoms with Gasteiger partial charge in [-0.3, -0.25) is 4.79 Å². The number of hydrogen-bond donors (Lipinski definition) is 2. The van der Waals surface area contributed by atoms with Crippen LogP contribution in [0.4, 0.5) is 11.5 Å². The molecule has 0 saturated carbocycles. The molecule has 0 fully saturated rings. The Morgan fingerprint density at radius 2 is 1.81 bits per heavy atom. The van der Waals surface area contributed by atoms with Crippen LogP contribution in [0.25, 0.3) is 0 Å². The first kappa shape index (κ1) is 17.4. The minimum Gasteiger partial charge on any atom is -0.495 e. The Bertz CT molecular complexity index is 894. The smallest absolute Gasteiger partial charge is 0.271 e. The Morgan fingerprint density at radius 3 is 2.54 bits per heavy atom. The number of rotatable bonds is 6. The molecule has 0 bridgehead atoms. The first-order valence-corrected chi connectivity index (χ1v) is 8.22. The molecule has 1 heterocycles. The number of aromatic nitrogens is 2. The Balaban J connectivity index is 1.63. The standard InChI is InChI=1S/C20H20N4O2/c1-14-7-3-4-8-15(14)11-23-20(25)17-12-22-19(13-21-17)24-16-9-5-6-10-18(16)26-2/h3-10,12-13H,11H2,1-2H3,(H,22,24)(H,23,25). The maximum absolute atomic E-state index is 12.2. The number of benzene rings is 2. The first-order chi connectivity index (χ1) is 12.7. The molecule has 0 aliphatic heterocycles. The average Bonchev–Trinajstić information content (AvgIpc) is 2.68. The molecule has 3 aromatic rings. The van der Waals surface area contributed by atoms with Gasteiger partial charge in [-0.25, -0.2) is 9.97 Å². The fourth-order valence-corrected chi connectivity index (χ4v) is 2.47. The van der Waals surface area contributed by atoms with Gasteiger partial charge in [-0.05, 0) is 30.2 Å². The van der Waals surface area contributed by atoms with Crippen molar-refractivity contribution in [2.45, 2.75) is 13.5 Å². The van der Waals surface area contributed by atoms with Gasteiger partial charge in [-0.1, -0.05) is 36.4 Å². The number of ether oxygens (including phenoxy) is 1. The molecule has 1 aromatic heterocycles. The average molecular weight is 348 g/mol. The van der Waals surface area contributed by atoms with Crippen LogP contribution in [0.5, 0.6) is 5.75 Å². The quantitative estimate of drug-likeness (QED) is 0.713. The molecular formula is C20H20N4O2. The highest BCUT2D eigenvalue weighted by molar-refractivity contribution is 5.92. The zero-order valence-electron chi connectivity index (χ0n) is 14.7. The number of nitrogens with one attached hydrogen (secondary N) is 2. The molecule has 2 N–H and O–H groups in total. The molecule has 6 nitrogen and oxygen atoms in total. The Labute approximate surface area is 152 Å². The number of anilines is 2. The minimum absolute atomic E-state index is 0.260. The molecule has 132 valence electrons. The van der Waals surface area contributed by atoms with E-state index in [1.165, 1.54) is 12.4 Å². The normalized spacial score (nSPS) is 10.2. The van der Waals surface area contributed by atoms with E-state index < -0.39 is 0 Å². The topological polar surface area (TPSA) is 76.1 Å². The predicted molar refractivity (Wildman–Crippen MR) is 101 cm³/mol. The lowest BCUT2D eigenvalue weighted by atomic mass is 10.1. The van der Waals surface area contributed by atoms with Crippen LogP contribution in [0.2, 0.25) is 0 Å². The van der Waals surface area contributed by atoms with E-state index in [0.29, 0.717) is 18.1 Å². The molecule has 0 aliphatic carbocycles. The molecule has 0 atom stereocenters. The number of nitrogens with zero attached hydrogens (tertiary/aromatic N) is 2. The van der Waals surface area contributed by atoms with Gasteiger partial charge in [0.1, 0.15) is 17.3 Å². The lowest BCUT2D eigenvalue weighted by molar-refractivity contribution is 0.0945. The Morgan fingerprint density at radius 1 is 1.04 bits per heavy atom. The zero-order valence-corrected chi connectivity index (χ0v) is 14.7. The number of amides is 1. The summed E-state index contributed by atoms with van der Waals surface area (Å²) >= 11 is 0. The number of carbonyl (C=O) groups excluding carboxylic acids is 1. The van der Waals surface area contributed by atoms with Crippen molar-refractivity contribution in [3.63, 3.8) is 0 Å². The van der Waals surface area contributed by atoms with Gasteiger partial charge in [0.2, 0.25) is 0 Å². The molecule has 3 rings (SSSR count). The fraction of sp³-hybridized carbons (Fsp3) is 0.150. The molecule has 1 amide bonds. The lowest BCUT2D eigenvalue weighted by Crippen LogP contribution is -2.24. The molecule has 0 saturated heterocycles. The molecule has 0 unspecified atom stereocenters. The Hall–Kier alpha value is -3.41. The van der Waals surface area contributed by atoms with Crippen molar-refractivity contribution in [3.05, 3.63) is 77.7 Å². The second kappa shape index (κ2) is 8.11. The highest BCUT2D eigenvalue weighted by Crippen LogP contribution is 2.25. The van der Waals surface area contributed by atoms with Crippen molar-refractivity contribution < 1.29 is 9.53 Å². The number of hydrogen-bond acceptors (Lipinski definition) is 5. The molecule has 26 heavy (non-hydrogen) atoms. The highest BCUT2D eigenvalue weighted by atomic mass is 16.5. The van der Waals surface area contributed by atoms with E-state index in [0.717, 1.165) is 16.8 Å². The molecule has 0 radical (unpaired) electrons. The third-order valence-corrected chi connectivity index (χ3v) is 3.95. The van der Waals surface area contributed by atoms with Gasteiger partial charge in [0.15, 0.2) is 0 Å².